The highest BCUT2D eigenvalue weighted by atomic mass is 35.5. The number of rotatable bonds is 4. The lowest BCUT2D eigenvalue weighted by atomic mass is 10.2. The van der Waals surface area contributed by atoms with Crippen LogP contribution in [0.5, 0.6) is 0 Å². The maximum absolute atomic E-state index is 9.07. The molecule has 0 aliphatic rings. The summed E-state index contributed by atoms with van der Waals surface area (Å²) in [7, 11) is 0. The van der Waals surface area contributed by atoms with E-state index in [9.17, 15) is 0 Å². The maximum atomic E-state index is 9.07. The minimum Gasteiger partial charge on any atom is -0.392 e. The van der Waals surface area contributed by atoms with Gasteiger partial charge in [0, 0.05) is 17.5 Å². The summed E-state index contributed by atoms with van der Waals surface area (Å²) in [5.41, 5.74) is 0. The van der Waals surface area contributed by atoms with Crippen molar-refractivity contribution < 1.29 is 5.11 Å². The van der Waals surface area contributed by atoms with Crippen molar-refractivity contribution in [1.82, 2.24) is 5.32 Å². The SMILES string of the molecule is C[C@H](NC[C@@H](C)O)c1ccc(Cl)s1. The second-order valence-electron chi connectivity index (χ2n) is 3.12. The molecule has 1 rings (SSSR count). The molecule has 0 spiro atoms. The molecule has 0 radical (unpaired) electrons. The Kier molecular flexibility index (Phi) is 4.19. The van der Waals surface area contributed by atoms with Gasteiger partial charge in [-0.25, -0.2) is 0 Å². The van der Waals surface area contributed by atoms with Crippen molar-refractivity contribution in [2.75, 3.05) is 6.54 Å². The van der Waals surface area contributed by atoms with Gasteiger partial charge in [-0.15, -0.1) is 11.3 Å². The van der Waals surface area contributed by atoms with Gasteiger partial charge in [0.25, 0.3) is 0 Å². The van der Waals surface area contributed by atoms with Crippen molar-refractivity contribution in [2.24, 2.45) is 0 Å². The van der Waals surface area contributed by atoms with Crippen LogP contribution in [0.25, 0.3) is 0 Å². The fourth-order valence-electron chi connectivity index (χ4n) is 1.01. The number of nitrogens with one attached hydrogen (secondary N) is 1. The molecule has 1 heterocycles. The summed E-state index contributed by atoms with van der Waals surface area (Å²) in [5, 5.41) is 12.3. The van der Waals surface area contributed by atoms with Crippen LogP contribution in [0.3, 0.4) is 0 Å². The molecule has 0 aromatic carbocycles. The summed E-state index contributed by atoms with van der Waals surface area (Å²) < 4.78 is 0.806. The largest absolute Gasteiger partial charge is 0.392 e. The highest BCUT2D eigenvalue weighted by molar-refractivity contribution is 7.16. The van der Waals surface area contributed by atoms with Crippen LogP contribution in [0.1, 0.15) is 24.8 Å². The molecule has 1 aromatic heterocycles. The standard InChI is InChI=1S/C9H14ClNOS/c1-6(12)5-11-7(2)8-3-4-9(10)13-8/h3-4,6-7,11-12H,5H2,1-2H3/t6-,7+/m1/s1. The first-order valence-electron chi connectivity index (χ1n) is 4.26. The number of aliphatic hydroxyl groups excluding tert-OH is 1. The molecule has 0 unspecified atom stereocenters. The van der Waals surface area contributed by atoms with Crippen LogP contribution < -0.4 is 5.32 Å². The fraction of sp³-hybridized carbons (Fsp3) is 0.556. The molecular formula is C9H14ClNOS. The predicted molar refractivity (Wildman–Crippen MR) is 57.4 cm³/mol. The zero-order chi connectivity index (χ0) is 9.84. The first-order valence-corrected chi connectivity index (χ1v) is 5.45. The summed E-state index contributed by atoms with van der Waals surface area (Å²) in [6.45, 7) is 4.43. The number of aliphatic hydroxyl groups is 1. The Balaban J connectivity index is 2.44. The molecule has 0 saturated carbocycles. The van der Waals surface area contributed by atoms with Crippen LogP contribution >= 0.6 is 22.9 Å². The third-order valence-electron chi connectivity index (χ3n) is 1.74. The molecule has 13 heavy (non-hydrogen) atoms. The number of hydrogen-bond acceptors (Lipinski definition) is 3. The Morgan fingerprint density at radius 3 is 2.69 bits per heavy atom. The highest BCUT2D eigenvalue weighted by Crippen LogP contribution is 2.26. The quantitative estimate of drug-likeness (QED) is 0.816. The summed E-state index contributed by atoms with van der Waals surface area (Å²) in [6.07, 6.45) is -0.308. The summed E-state index contributed by atoms with van der Waals surface area (Å²) in [6, 6.07) is 4.15. The van der Waals surface area contributed by atoms with Crippen LogP contribution in [-0.2, 0) is 0 Å². The summed E-state index contributed by atoms with van der Waals surface area (Å²) in [4.78, 5) is 1.20. The molecule has 0 amide bonds. The van der Waals surface area contributed by atoms with Gasteiger partial charge in [0.15, 0.2) is 0 Å². The minimum atomic E-state index is -0.308. The van der Waals surface area contributed by atoms with Crippen molar-refractivity contribution >= 4 is 22.9 Å². The lowest BCUT2D eigenvalue weighted by Crippen LogP contribution is -2.26. The predicted octanol–water partition coefficient (Wildman–Crippen LogP) is 2.43. The van der Waals surface area contributed by atoms with Gasteiger partial charge in [0.1, 0.15) is 0 Å². The lowest BCUT2D eigenvalue weighted by molar-refractivity contribution is 0.187. The van der Waals surface area contributed by atoms with Crippen LogP contribution in [0.4, 0.5) is 0 Å². The molecule has 2 N–H and O–H groups in total. The van der Waals surface area contributed by atoms with E-state index in [1.807, 2.05) is 12.1 Å². The molecule has 0 aliphatic carbocycles. The zero-order valence-electron chi connectivity index (χ0n) is 7.75. The molecule has 4 heteroatoms. The molecule has 0 aliphatic heterocycles. The minimum absolute atomic E-state index is 0.257. The van der Waals surface area contributed by atoms with Crippen LogP contribution in [0.15, 0.2) is 12.1 Å². The molecule has 2 nitrogen and oxygen atoms in total. The monoisotopic (exact) mass is 219 g/mol. The zero-order valence-corrected chi connectivity index (χ0v) is 9.32. The molecule has 0 saturated heterocycles. The van der Waals surface area contributed by atoms with E-state index in [1.165, 1.54) is 4.88 Å². The van der Waals surface area contributed by atoms with Crippen molar-refractivity contribution in [2.45, 2.75) is 26.0 Å². The van der Waals surface area contributed by atoms with E-state index in [4.69, 9.17) is 16.7 Å². The Hall–Kier alpha value is -0.0900. The van der Waals surface area contributed by atoms with Crippen molar-refractivity contribution in [1.29, 1.82) is 0 Å². The average molecular weight is 220 g/mol. The normalized spacial score (nSPS) is 15.7. The summed E-state index contributed by atoms with van der Waals surface area (Å²) in [5.74, 6) is 0. The van der Waals surface area contributed by atoms with Crippen LogP contribution in [-0.4, -0.2) is 17.8 Å². The van der Waals surface area contributed by atoms with Gasteiger partial charge < -0.3 is 10.4 Å². The third kappa shape index (κ3) is 3.65. The van der Waals surface area contributed by atoms with E-state index in [2.05, 4.69) is 12.2 Å². The fourth-order valence-corrected chi connectivity index (χ4v) is 2.10. The van der Waals surface area contributed by atoms with Crippen molar-refractivity contribution in [3.05, 3.63) is 21.3 Å². The Bertz CT molecular complexity index is 262. The number of halogens is 1. The molecule has 2 atom stereocenters. The third-order valence-corrected chi connectivity index (χ3v) is 3.15. The maximum Gasteiger partial charge on any atom is 0.0931 e. The van der Waals surface area contributed by atoms with Gasteiger partial charge in [-0.2, -0.15) is 0 Å². The van der Waals surface area contributed by atoms with Crippen molar-refractivity contribution in [3.8, 4) is 0 Å². The van der Waals surface area contributed by atoms with Crippen LogP contribution in [0.2, 0.25) is 4.34 Å². The Labute approximate surface area is 87.5 Å². The second-order valence-corrected chi connectivity index (χ2v) is 4.87. The number of thiophene rings is 1. The first kappa shape index (κ1) is 11.0. The Morgan fingerprint density at radius 2 is 2.23 bits per heavy atom. The van der Waals surface area contributed by atoms with Gasteiger partial charge in [-0.1, -0.05) is 11.6 Å². The van der Waals surface area contributed by atoms with E-state index in [1.54, 1.807) is 18.3 Å². The lowest BCUT2D eigenvalue weighted by Gasteiger charge is -2.12. The van der Waals surface area contributed by atoms with Gasteiger partial charge in [0.05, 0.1) is 10.4 Å². The van der Waals surface area contributed by atoms with E-state index in [0.29, 0.717) is 6.54 Å². The summed E-state index contributed by atoms with van der Waals surface area (Å²) >= 11 is 7.38. The second kappa shape index (κ2) is 4.96. The van der Waals surface area contributed by atoms with E-state index < -0.39 is 0 Å². The van der Waals surface area contributed by atoms with Crippen LogP contribution in [0, 0.1) is 0 Å². The topological polar surface area (TPSA) is 32.3 Å². The molecule has 0 bridgehead atoms. The smallest absolute Gasteiger partial charge is 0.0931 e. The Morgan fingerprint density at radius 1 is 1.54 bits per heavy atom. The van der Waals surface area contributed by atoms with Gasteiger partial charge in [0.2, 0.25) is 0 Å². The van der Waals surface area contributed by atoms with E-state index in [0.717, 1.165) is 4.34 Å². The number of hydrogen-bond donors (Lipinski definition) is 2. The molecule has 1 aromatic rings. The van der Waals surface area contributed by atoms with Gasteiger partial charge >= 0.3 is 0 Å². The van der Waals surface area contributed by atoms with E-state index >= 15 is 0 Å². The average Bonchev–Trinajstić information content (AvgIpc) is 2.47. The van der Waals surface area contributed by atoms with Gasteiger partial charge in [-0.05, 0) is 26.0 Å². The van der Waals surface area contributed by atoms with Gasteiger partial charge in [-0.3, -0.25) is 0 Å². The molecule has 0 fully saturated rings. The highest BCUT2D eigenvalue weighted by Gasteiger charge is 2.07. The molecular weight excluding hydrogens is 206 g/mol. The van der Waals surface area contributed by atoms with Crippen molar-refractivity contribution in [3.63, 3.8) is 0 Å². The molecule has 74 valence electrons. The first-order chi connectivity index (χ1) is 6.09. The van der Waals surface area contributed by atoms with E-state index in [-0.39, 0.29) is 12.1 Å².